The molecule has 0 aliphatic rings. The van der Waals surface area contributed by atoms with Crippen LogP contribution in [0.25, 0.3) is 22.6 Å². The first-order valence-corrected chi connectivity index (χ1v) is 12.4. The fraction of sp³-hybridized carbons (Fsp3) is 0.185. The molecule has 2 atom stereocenters. The van der Waals surface area contributed by atoms with E-state index in [1.165, 1.54) is 12.1 Å². The van der Waals surface area contributed by atoms with Gasteiger partial charge in [-0.25, -0.2) is 9.37 Å². The molecule has 2 unspecified atom stereocenters. The molecule has 174 valence electrons. The maximum atomic E-state index is 13.6. The number of nitrogens with zero attached hydrogens (tertiary/aromatic N) is 1. The molecule has 1 aromatic heterocycles. The van der Waals surface area contributed by atoms with Crippen LogP contribution < -0.4 is 0 Å². The Morgan fingerprint density at radius 1 is 1.00 bits per heavy atom. The second-order valence-corrected chi connectivity index (χ2v) is 9.09. The van der Waals surface area contributed by atoms with Gasteiger partial charge in [0, 0.05) is 33.1 Å². The third-order valence-corrected chi connectivity index (χ3v) is 6.30. The van der Waals surface area contributed by atoms with E-state index in [4.69, 9.17) is 14.1 Å². The summed E-state index contributed by atoms with van der Waals surface area (Å²) in [5.74, 6) is -0.881. The second kappa shape index (κ2) is 10.6. The minimum absolute atomic E-state index is 0.222. The highest BCUT2D eigenvalue weighted by atomic mass is 32.2. The molecule has 7 heteroatoms. The molecule has 34 heavy (non-hydrogen) atoms. The molecule has 0 saturated heterocycles. The Morgan fingerprint density at radius 3 is 2.26 bits per heavy atom. The zero-order valence-corrected chi connectivity index (χ0v) is 19.7. The van der Waals surface area contributed by atoms with E-state index >= 15 is 0 Å². The fourth-order valence-electron chi connectivity index (χ4n) is 3.65. The summed E-state index contributed by atoms with van der Waals surface area (Å²) in [6.07, 6.45) is 1.97. The van der Waals surface area contributed by atoms with Crippen molar-refractivity contribution in [1.82, 2.24) is 4.98 Å². The van der Waals surface area contributed by atoms with Crippen molar-refractivity contribution in [2.45, 2.75) is 24.2 Å². The number of carbonyl (C=O) groups excluding carboxylic acids is 1. The summed E-state index contributed by atoms with van der Waals surface area (Å²) in [6.45, 7) is 1.99. The first-order valence-electron chi connectivity index (χ1n) is 10.9. The Labute approximate surface area is 200 Å². The van der Waals surface area contributed by atoms with Crippen LogP contribution in [0.3, 0.4) is 0 Å². The van der Waals surface area contributed by atoms with Gasteiger partial charge in [-0.1, -0.05) is 30.3 Å². The number of rotatable bonds is 8. The average molecular weight is 478 g/mol. The van der Waals surface area contributed by atoms with Gasteiger partial charge >= 0.3 is 5.97 Å². The maximum Gasteiger partial charge on any atom is 0.318 e. The minimum atomic E-state index is -1.12. The number of oxazole rings is 1. The van der Waals surface area contributed by atoms with Gasteiger partial charge in [0.15, 0.2) is 5.76 Å². The molecule has 0 N–H and O–H groups in total. The lowest BCUT2D eigenvalue weighted by atomic mass is 9.99. The Bertz CT molecular complexity index is 1280. The van der Waals surface area contributed by atoms with E-state index < -0.39 is 22.7 Å². The van der Waals surface area contributed by atoms with Crippen LogP contribution >= 0.6 is 0 Å². The van der Waals surface area contributed by atoms with Gasteiger partial charge in [0.2, 0.25) is 5.89 Å². The molecule has 0 bridgehead atoms. The molecule has 5 nitrogen and oxygen atoms in total. The molecule has 4 aromatic rings. The van der Waals surface area contributed by atoms with Crippen molar-refractivity contribution in [1.29, 1.82) is 0 Å². The Balaban J connectivity index is 1.82. The van der Waals surface area contributed by atoms with Crippen LogP contribution in [0.15, 0.2) is 88.2 Å². The van der Waals surface area contributed by atoms with Gasteiger partial charge < -0.3 is 9.15 Å². The third-order valence-electron chi connectivity index (χ3n) is 5.36. The molecule has 1 heterocycles. The number of halogens is 1. The van der Waals surface area contributed by atoms with Crippen LogP contribution in [-0.2, 0) is 26.8 Å². The Morgan fingerprint density at radius 2 is 1.65 bits per heavy atom. The van der Waals surface area contributed by atoms with Crippen LogP contribution in [-0.4, -0.2) is 28.0 Å². The van der Waals surface area contributed by atoms with Gasteiger partial charge in [0.1, 0.15) is 17.4 Å². The van der Waals surface area contributed by atoms with Gasteiger partial charge in [-0.15, -0.1) is 0 Å². The summed E-state index contributed by atoms with van der Waals surface area (Å²) in [5, 5.41) is 0. The Kier molecular flexibility index (Phi) is 7.33. The van der Waals surface area contributed by atoms with Gasteiger partial charge in [-0.2, -0.15) is 0 Å². The first kappa shape index (κ1) is 23.6. The van der Waals surface area contributed by atoms with E-state index in [0.29, 0.717) is 33.9 Å². The average Bonchev–Trinajstić information content (AvgIpc) is 3.29. The highest BCUT2D eigenvalue weighted by molar-refractivity contribution is 7.84. The number of esters is 1. The SMILES string of the molecule is CCOC(=O)C(Cc1ccccc1)c1nc(-c2ccc(F)cc2)c(-c2ccc(S(C)=O)cc2)o1. The molecular weight excluding hydrogens is 453 g/mol. The number of carbonyl (C=O) groups is 1. The van der Waals surface area contributed by atoms with Crippen molar-refractivity contribution in [2.24, 2.45) is 0 Å². The van der Waals surface area contributed by atoms with E-state index in [1.807, 2.05) is 30.3 Å². The molecule has 4 rings (SSSR count). The summed E-state index contributed by atoms with van der Waals surface area (Å²) in [4.78, 5) is 18.3. The maximum absolute atomic E-state index is 13.6. The smallest absolute Gasteiger partial charge is 0.318 e. The second-order valence-electron chi connectivity index (χ2n) is 7.71. The lowest BCUT2D eigenvalue weighted by molar-refractivity contribution is -0.145. The summed E-state index contributed by atoms with van der Waals surface area (Å²) < 4.78 is 36.9. The lowest BCUT2D eigenvalue weighted by Crippen LogP contribution is -2.18. The molecule has 0 fully saturated rings. The Hall–Kier alpha value is -3.58. The molecule has 0 aliphatic heterocycles. The van der Waals surface area contributed by atoms with Crippen molar-refractivity contribution in [3.8, 4) is 22.6 Å². The predicted molar refractivity (Wildman–Crippen MR) is 129 cm³/mol. The van der Waals surface area contributed by atoms with Crippen molar-refractivity contribution >= 4 is 16.8 Å². The van der Waals surface area contributed by atoms with Crippen molar-refractivity contribution < 1.29 is 22.5 Å². The standard InChI is InChI=1S/C27H24FNO4S/c1-3-32-27(30)23(17-18-7-5-4-6-8-18)26-29-24(19-9-13-21(28)14-10-19)25(33-26)20-11-15-22(16-12-20)34(2)31/h4-16,23H,3,17H2,1-2H3. The number of ether oxygens (including phenoxy) is 1. The van der Waals surface area contributed by atoms with Crippen LogP contribution in [0, 0.1) is 5.82 Å². The zero-order valence-electron chi connectivity index (χ0n) is 18.9. The topological polar surface area (TPSA) is 69.4 Å². The normalized spacial score (nSPS) is 12.8. The summed E-state index contributed by atoms with van der Waals surface area (Å²) >= 11 is 0. The van der Waals surface area contributed by atoms with E-state index in [9.17, 15) is 13.4 Å². The molecule has 0 aliphatic carbocycles. The van der Waals surface area contributed by atoms with Crippen LogP contribution in [0.4, 0.5) is 4.39 Å². The largest absolute Gasteiger partial charge is 0.465 e. The molecule has 0 amide bonds. The van der Waals surface area contributed by atoms with Crippen molar-refractivity contribution in [3.63, 3.8) is 0 Å². The zero-order chi connectivity index (χ0) is 24.1. The molecular formula is C27H24FNO4S. The number of hydrogen-bond acceptors (Lipinski definition) is 5. The van der Waals surface area contributed by atoms with Crippen molar-refractivity contribution in [2.75, 3.05) is 12.9 Å². The fourth-order valence-corrected chi connectivity index (χ4v) is 4.17. The molecule has 0 spiro atoms. The van der Waals surface area contributed by atoms with Crippen LogP contribution in [0.2, 0.25) is 0 Å². The van der Waals surface area contributed by atoms with Gasteiger partial charge in [-0.3, -0.25) is 9.00 Å². The highest BCUT2D eigenvalue weighted by Gasteiger charge is 2.30. The third kappa shape index (κ3) is 5.31. The van der Waals surface area contributed by atoms with Crippen LogP contribution in [0.5, 0.6) is 0 Å². The summed E-state index contributed by atoms with van der Waals surface area (Å²) in [5.41, 5.74) is 2.78. The highest BCUT2D eigenvalue weighted by Crippen LogP contribution is 2.36. The molecule has 0 saturated carbocycles. The lowest BCUT2D eigenvalue weighted by Gasteiger charge is -2.12. The van der Waals surface area contributed by atoms with Crippen LogP contribution in [0.1, 0.15) is 24.3 Å². The van der Waals surface area contributed by atoms with Gasteiger partial charge in [0.25, 0.3) is 0 Å². The summed E-state index contributed by atoms with van der Waals surface area (Å²) in [7, 11) is -1.12. The minimum Gasteiger partial charge on any atom is -0.465 e. The molecule has 3 aromatic carbocycles. The number of hydrogen-bond donors (Lipinski definition) is 0. The number of benzene rings is 3. The predicted octanol–water partition coefficient (Wildman–Crippen LogP) is 5.77. The summed E-state index contributed by atoms with van der Waals surface area (Å²) in [6, 6.07) is 22.6. The van der Waals surface area contributed by atoms with E-state index in [-0.39, 0.29) is 18.3 Å². The van der Waals surface area contributed by atoms with Gasteiger partial charge in [-0.05, 0) is 67.4 Å². The molecule has 0 radical (unpaired) electrons. The van der Waals surface area contributed by atoms with E-state index in [2.05, 4.69) is 0 Å². The van der Waals surface area contributed by atoms with Gasteiger partial charge in [0.05, 0.1) is 6.61 Å². The van der Waals surface area contributed by atoms with E-state index in [0.717, 1.165) is 5.56 Å². The monoisotopic (exact) mass is 477 g/mol. The first-order chi connectivity index (χ1) is 16.5. The quantitative estimate of drug-likeness (QED) is 0.301. The van der Waals surface area contributed by atoms with Crippen molar-refractivity contribution in [3.05, 3.63) is 96.1 Å². The van der Waals surface area contributed by atoms with E-state index in [1.54, 1.807) is 49.6 Å². The number of aromatic nitrogens is 1.